The molecule has 0 amide bonds. The number of hydrogen-bond donors (Lipinski definition) is 1. The van der Waals surface area contributed by atoms with E-state index in [1.165, 1.54) is 0 Å². The number of para-hydroxylation sites is 1. The molecule has 0 saturated carbocycles. The molecule has 0 bridgehead atoms. The van der Waals surface area contributed by atoms with Crippen LogP contribution in [0.3, 0.4) is 0 Å². The summed E-state index contributed by atoms with van der Waals surface area (Å²) < 4.78 is 12.7. The molecule has 7 nitrogen and oxygen atoms in total. The fourth-order valence-corrected chi connectivity index (χ4v) is 2.54. The highest BCUT2D eigenvalue weighted by atomic mass is 16.5. The van der Waals surface area contributed by atoms with E-state index in [-0.39, 0.29) is 0 Å². The fourth-order valence-electron chi connectivity index (χ4n) is 2.54. The Morgan fingerprint density at radius 1 is 0.962 bits per heavy atom. The van der Waals surface area contributed by atoms with Crippen LogP contribution in [0.1, 0.15) is 11.3 Å². The first-order valence-electron chi connectivity index (χ1n) is 8.22. The number of tetrazole rings is 1. The second-order valence-corrected chi connectivity index (χ2v) is 5.64. The number of hydrogen-bond acceptors (Lipinski definition) is 6. The van der Waals surface area contributed by atoms with E-state index < -0.39 is 0 Å². The Bertz CT molecular complexity index is 951. The Balaban J connectivity index is 1.44. The van der Waals surface area contributed by atoms with Gasteiger partial charge in [-0.1, -0.05) is 35.4 Å². The van der Waals surface area contributed by atoms with Gasteiger partial charge in [-0.15, -0.1) is 0 Å². The lowest BCUT2D eigenvalue weighted by molar-refractivity contribution is 0.426. The molecule has 2 aromatic carbocycles. The lowest BCUT2D eigenvalue weighted by atomic mass is 10.2. The minimum absolute atomic E-state index is 0.317. The lowest BCUT2D eigenvalue weighted by Gasteiger charge is -2.08. The summed E-state index contributed by atoms with van der Waals surface area (Å²) in [4.78, 5) is 0. The normalized spacial score (nSPS) is 10.8. The molecule has 0 unspecified atom stereocenters. The third-order valence-electron chi connectivity index (χ3n) is 3.76. The van der Waals surface area contributed by atoms with E-state index in [0.717, 1.165) is 17.0 Å². The summed E-state index contributed by atoms with van der Waals surface area (Å²) in [6.07, 6.45) is 1.67. The van der Waals surface area contributed by atoms with Gasteiger partial charge in [-0.25, -0.2) is 0 Å². The molecule has 7 heteroatoms. The Hall–Kier alpha value is -3.45. The molecular weight excluding hydrogens is 330 g/mol. The van der Waals surface area contributed by atoms with E-state index in [2.05, 4.69) is 20.8 Å². The van der Waals surface area contributed by atoms with Crippen LogP contribution in [0, 0.1) is 0 Å². The van der Waals surface area contributed by atoms with Gasteiger partial charge in [0.05, 0.1) is 18.5 Å². The Kier molecular flexibility index (Phi) is 4.70. The molecule has 0 fully saturated rings. The van der Waals surface area contributed by atoms with Gasteiger partial charge in [0.1, 0.15) is 11.5 Å². The number of nitrogens with one attached hydrogen (secondary N) is 1. The maximum Gasteiger partial charge on any atom is 0.345 e. The quantitative estimate of drug-likeness (QED) is 0.552. The summed E-state index contributed by atoms with van der Waals surface area (Å²) in [5.74, 6) is 1.58. The summed E-state index contributed by atoms with van der Waals surface area (Å²) in [5, 5.41) is 15.0. The van der Waals surface area contributed by atoms with E-state index in [9.17, 15) is 0 Å². The van der Waals surface area contributed by atoms with Crippen molar-refractivity contribution in [3.05, 3.63) is 84.3 Å². The lowest BCUT2D eigenvalue weighted by Crippen LogP contribution is -2.12. The van der Waals surface area contributed by atoms with E-state index in [1.807, 2.05) is 66.7 Å². The first kappa shape index (κ1) is 16.0. The van der Waals surface area contributed by atoms with Crippen molar-refractivity contribution in [2.24, 2.45) is 0 Å². The van der Waals surface area contributed by atoms with Crippen molar-refractivity contribution < 1.29 is 9.15 Å². The third kappa shape index (κ3) is 3.79. The van der Waals surface area contributed by atoms with Gasteiger partial charge in [-0.2, -0.15) is 4.68 Å². The molecule has 2 aromatic heterocycles. The fraction of sp³-hybridized carbons (Fsp3) is 0.105. The summed E-state index contributed by atoms with van der Waals surface area (Å²) in [5.41, 5.74) is 1.93. The smallest absolute Gasteiger partial charge is 0.345 e. The average molecular weight is 347 g/mol. The zero-order valence-electron chi connectivity index (χ0n) is 13.9. The first-order chi connectivity index (χ1) is 12.9. The zero-order valence-corrected chi connectivity index (χ0v) is 13.9. The molecular formula is C19H17N5O2. The molecule has 0 aliphatic rings. The second kappa shape index (κ2) is 7.62. The first-order valence-corrected chi connectivity index (χ1v) is 8.22. The number of rotatable bonds is 7. The molecule has 0 aliphatic carbocycles. The molecule has 4 rings (SSSR count). The van der Waals surface area contributed by atoms with Gasteiger partial charge in [-0.05, 0) is 52.4 Å². The maximum absolute atomic E-state index is 5.88. The van der Waals surface area contributed by atoms with Gasteiger partial charge < -0.3 is 14.5 Å². The van der Waals surface area contributed by atoms with Gasteiger partial charge in [0.2, 0.25) is 0 Å². The molecule has 0 radical (unpaired) electrons. The van der Waals surface area contributed by atoms with Crippen LogP contribution in [-0.2, 0) is 13.1 Å². The third-order valence-corrected chi connectivity index (χ3v) is 3.76. The minimum atomic E-state index is 0.317. The molecule has 2 heterocycles. The Morgan fingerprint density at radius 2 is 1.88 bits per heavy atom. The molecule has 0 atom stereocenters. The van der Waals surface area contributed by atoms with E-state index in [1.54, 1.807) is 10.9 Å². The van der Waals surface area contributed by atoms with Crippen LogP contribution in [0.4, 0.5) is 0 Å². The van der Waals surface area contributed by atoms with E-state index in [0.29, 0.717) is 24.8 Å². The largest absolute Gasteiger partial charge is 0.468 e. The number of aromatic nitrogens is 4. The molecule has 4 aromatic rings. The van der Waals surface area contributed by atoms with Crippen LogP contribution in [0.5, 0.6) is 11.8 Å². The van der Waals surface area contributed by atoms with Crippen LogP contribution >= 0.6 is 0 Å². The van der Waals surface area contributed by atoms with Gasteiger partial charge in [-0.3, -0.25) is 0 Å². The van der Waals surface area contributed by atoms with Crippen LogP contribution in [-0.4, -0.2) is 20.2 Å². The number of benzene rings is 2. The van der Waals surface area contributed by atoms with Gasteiger partial charge in [0.25, 0.3) is 0 Å². The Morgan fingerprint density at radius 3 is 2.73 bits per heavy atom. The maximum atomic E-state index is 5.88. The van der Waals surface area contributed by atoms with Crippen molar-refractivity contribution in [2.75, 3.05) is 0 Å². The van der Waals surface area contributed by atoms with Crippen LogP contribution < -0.4 is 10.1 Å². The van der Waals surface area contributed by atoms with E-state index in [4.69, 9.17) is 9.15 Å². The molecule has 0 saturated heterocycles. The van der Waals surface area contributed by atoms with Gasteiger partial charge >= 0.3 is 6.01 Å². The van der Waals surface area contributed by atoms with Crippen molar-refractivity contribution in [2.45, 2.75) is 13.1 Å². The molecule has 1 N–H and O–H groups in total. The van der Waals surface area contributed by atoms with Crippen molar-refractivity contribution >= 4 is 0 Å². The van der Waals surface area contributed by atoms with Crippen molar-refractivity contribution in [3.63, 3.8) is 0 Å². The SMILES string of the molecule is c1ccc(-n2nnnc2Oc2cccc(CNCc3ccco3)c2)cc1. The van der Waals surface area contributed by atoms with Crippen LogP contribution in [0.15, 0.2) is 77.4 Å². The second-order valence-electron chi connectivity index (χ2n) is 5.64. The highest BCUT2D eigenvalue weighted by Crippen LogP contribution is 2.22. The van der Waals surface area contributed by atoms with Gasteiger partial charge in [0, 0.05) is 6.54 Å². The molecule has 0 spiro atoms. The van der Waals surface area contributed by atoms with Crippen molar-refractivity contribution in [3.8, 4) is 17.4 Å². The molecule has 0 aliphatic heterocycles. The number of furan rings is 1. The number of nitrogens with zero attached hydrogens (tertiary/aromatic N) is 4. The summed E-state index contributed by atoms with van der Waals surface area (Å²) in [6.45, 7) is 1.37. The number of ether oxygens (including phenoxy) is 1. The van der Waals surface area contributed by atoms with E-state index >= 15 is 0 Å². The minimum Gasteiger partial charge on any atom is -0.468 e. The molecule has 26 heavy (non-hydrogen) atoms. The Labute approximate surface area is 150 Å². The topological polar surface area (TPSA) is 78.0 Å². The highest BCUT2D eigenvalue weighted by Gasteiger charge is 2.10. The summed E-state index contributed by atoms with van der Waals surface area (Å²) in [7, 11) is 0. The average Bonchev–Trinajstić information content (AvgIpc) is 3.35. The predicted molar refractivity (Wildman–Crippen MR) is 94.9 cm³/mol. The van der Waals surface area contributed by atoms with Crippen LogP contribution in [0.2, 0.25) is 0 Å². The summed E-state index contributed by atoms with van der Waals surface area (Å²) >= 11 is 0. The zero-order chi connectivity index (χ0) is 17.6. The monoisotopic (exact) mass is 347 g/mol. The standard InChI is InChI=1S/C19H17N5O2/c1-2-7-16(8-3-1)24-19(21-22-23-24)26-17-9-4-6-15(12-17)13-20-14-18-10-5-11-25-18/h1-12,20H,13-14H2. The summed E-state index contributed by atoms with van der Waals surface area (Å²) in [6, 6.07) is 21.6. The molecule has 130 valence electrons. The van der Waals surface area contributed by atoms with Crippen LogP contribution in [0.25, 0.3) is 5.69 Å². The highest BCUT2D eigenvalue weighted by molar-refractivity contribution is 5.34. The van der Waals surface area contributed by atoms with Crippen molar-refractivity contribution in [1.29, 1.82) is 0 Å². The predicted octanol–water partition coefficient (Wildman–Crippen LogP) is 3.34. The van der Waals surface area contributed by atoms with Crippen molar-refractivity contribution in [1.82, 2.24) is 25.5 Å². The van der Waals surface area contributed by atoms with Gasteiger partial charge in [0.15, 0.2) is 0 Å².